The van der Waals surface area contributed by atoms with Crippen molar-refractivity contribution in [3.63, 3.8) is 0 Å². The lowest BCUT2D eigenvalue weighted by molar-refractivity contribution is 0.836. The van der Waals surface area contributed by atoms with Crippen LogP contribution in [0.1, 0.15) is 4.88 Å². The van der Waals surface area contributed by atoms with Crippen molar-refractivity contribution in [2.75, 3.05) is 17.4 Å². The van der Waals surface area contributed by atoms with Gasteiger partial charge in [0, 0.05) is 11.9 Å². The number of hydrogen-bond acceptors (Lipinski definition) is 7. The van der Waals surface area contributed by atoms with E-state index in [2.05, 4.69) is 41.4 Å². The predicted octanol–water partition coefficient (Wildman–Crippen LogP) is 2.10. The number of rotatable bonds is 4. The molecule has 0 unspecified atom stereocenters. The van der Waals surface area contributed by atoms with Crippen LogP contribution in [-0.4, -0.2) is 27.2 Å². The smallest absolute Gasteiger partial charge is 0.187 e. The van der Waals surface area contributed by atoms with Crippen molar-refractivity contribution >= 4 is 49.1 Å². The number of hydrogen-bond donors (Lipinski definition) is 3. The summed E-state index contributed by atoms with van der Waals surface area (Å²) in [6.45, 7) is 0.549. The van der Waals surface area contributed by atoms with Gasteiger partial charge in [-0.2, -0.15) is 5.10 Å². The molecule has 0 fully saturated rings. The number of nitrogens with two attached hydrogens (primary N) is 1. The van der Waals surface area contributed by atoms with Gasteiger partial charge in [-0.25, -0.2) is 15.8 Å². The minimum absolute atomic E-state index is 0.549. The van der Waals surface area contributed by atoms with Gasteiger partial charge in [-0.05, 0) is 22.0 Å². The summed E-state index contributed by atoms with van der Waals surface area (Å²) in [4.78, 5) is 9.72. The van der Waals surface area contributed by atoms with Crippen molar-refractivity contribution in [1.29, 1.82) is 0 Å². The Morgan fingerprint density at radius 1 is 1.50 bits per heavy atom. The van der Waals surface area contributed by atoms with Crippen molar-refractivity contribution in [3.8, 4) is 0 Å². The lowest BCUT2D eigenvalue weighted by atomic mass is 10.4. The van der Waals surface area contributed by atoms with Crippen LogP contribution in [0.4, 0.5) is 11.6 Å². The van der Waals surface area contributed by atoms with Crippen molar-refractivity contribution in [2.24, 2.45) is 5.84 Å². The van der Waals surface area contributed by atoms with Gasteiger partial charge in [-0.3, -0.25) is 10.1 Å². The molecule has 0 atom stereocenters. The molecular formula is C11H12BrN7S. The first-order chi connectivity index (χ1) is 9.67. The van der Waals surface area contributed by atoms with Crippen LogP contribution in [0, 0.1) is 0 Å². The zero-order valence-corrected chi connectivity index (χ0v) is 13.0. The Morgan fingerprint density at radius 3 is 3.10 bits per heavy atom. The van der Waals surface area contributed by atoms with E-state index in [0.29, 0.717) is 22.8 Å². The summed E-state index contributed by atoms with van der Waals surface area (Å²) in [5.41, 5.74) is 1.02. The zero-order valence-electron chi connectivity index (χ0n) is 10.6. The lowest BCUT2D eigenvalue weighted by Gasteiger charge is -2.19. The van der Waals surface area contributed by atoms with Crippen LogP contribution in [-0.2, 0) is 6.54 Å². The summed E-state index contributed by atoms with van der Waals surface area (Å²) < 4.78 is 1.76. The molecule has 0 spiro atoms. The maximum atomic E-state index is 6.11. The van der Waals surface area contributed by atoms with E-state index in [1.54, 1.807) is 29.6 Å². The number of hydrazine groups is 1. The lowest BCUT2D eigenvalue weighted by Crippen LogP contribution is -2.31. The fourth-order valence-corrected chi connectivity index (χ4v) is 3.11. The van der Waals surface area contributed by atoms with Crippen LogP contribution < -0.4 is 16.2 Å². The minimum atomic E-state index is 0.549. The van der Waals surface area contributed by atoms with Gasteiger partial charge >= 0.3 is 0 Å². The molecule has 0 saturated heterocycles. The van der Waals surface area contributed by atoms with E-state index in [4.69, 9.17) is 5.84 Å². The maximum absolute atomic E-state index is 6.11. The normalized spacial score (nSPS) is 10.9. The quantitative estimate of drug-likeness (QED) is 0.491. The van der Waals surface area contributed by atoms with E-state index >= 15 is 0 Å². The Morgan fingerprint density at radius 2 is 2.35 bits per heavy atom. The molecule has 0 saturated carbocycles. The average molecular weight is 354 g/mol. The highest BCUT2D eigenvalue weighted by atomic mass is 79.9. The van der Waals surface area contributed by atoms with Gasteiger partial charge in [-0.1, -0.05) is 0 Å². The summed E-state index contributed by atoms with van der Waals surface area (Å²) in [6.07, 6.45) is 3.44. The summed E-state index contributed by atoms with van der Waals surface area (Å²) in [6, 6.07) is 2.04. The molecule has 20 heavy (non-hydrogen) atoms. The number of fused-ring (bicyclic) bond motifs is 1. The van der Waals surface area contributed by atoms with Gasteiger partial charge in [0.25, 0.3) is 0 Å². The van der Waals surface area contributed by atoms with Crippen LogP contribution in [0.3, 0.4) is 0 Å². The molecule has 0 amide bonds. The Labute approximate surface area is 127 Å². The fourth-order valence-electron chi connectivity index (χ4n) is 1.86. The average Bonchev–Trinajstić information content (AvgIpc) is 2.99. The minimum Gasteiger partial charge on any atom is -0.370 e. The molecule has 0 aliphatic carbocycles. The van der Waals surface area contributed by atoms with Crippen molar-refractivity contribution in [1.82, 2.24) is 20.2 Å². The van der Waals surface area contributed by atoms with Crippen LogP contribution in [0.5, 0.6) is 0 Å². The van der Waals surface area contributed by atoms with Crippen molar-refractivity contribution in [2.45, 2.75) is 6.54 Å². The van der Waals surface area contributed by atoms with Gasteiger partial charge in [-0.15, -0.1) is 11.3 Å². The molecule has 104 valence electrons. The van der Waals surface area contributed by atoms with Gasteiger partial charge in [0.1, 0.15) is 4.60 Å². The van der Waals surface area contributed by atoms with Crippen LogP contribution in [0.2, 0.25) is 0 Å². The summed E-state index contributed by atoms with van der Waals surface area (Å²) in [5.74, 6) is 7.35. The van der Waals surface area contributed by atoms with E-state index in [9.17, 15) is 0 Å². The maximum Gasteiger partial charge on any atom is 0.187 e. The molecule has 3 aromatic rings. The van der Waals surface area contributed by atoms with Crippen LogP contribution >= 0.6 is 27.3 Å². The van der Waals surface area contributed by atoms with Gasteiger partial charge < -0.3 is 5.32 Å². The largest absolute Gasteiger partial charge is 0.370 e. The first kappa shape index (κ1) is 13.3. The van der Waals surface area contributed by atoms with Gasteiger partial charge in [0.15, 0.2) is 11.6 Å². The molecular weight excluding hydrogens is 342 g/mol. The van der Waals surface area contributed by atoms with E-state index in [1.807, 2.05) is 12.3 Å². The Balaban J connectivity index is 1.87. The Bertz CT molecular complexity index is 709. The standard InChI is InChI=1S/C11H12BrN7S/c1-14-10-11(17-9(12)4-15-10)19(13)5-6-2-7-8(20-6)3-16-18-7/h2-4H,5,13H2,1H3,(H,14,15)(H,16,18). The molecule has 0 aliphatic heterocycles. The number of thiophene rings is 1. The van der Waals surface area contributed by atoms with Crippen molar-refractivity contribution in [3.05, 3.63) is 27.9 Å². The third-order valence-electron chi connectivity index (χ3n) is 2.74. The van der Waals surface area contributed by atoms with E-state index in [1.165, 1.54) is 0 Å². The topological polar surface area (TPSA) is 95.8 Å². The highest BCUT2D eigenvalue weighted by Crippen LogP contribution is 2.27. The molecule has 9 heteroatoms. The summed E-state index contributed by atoms with van der Waals surface area (Å²) in [5, 5.41) is 11.5. The number of aromatic amines is 1. The molecule has 0 radical (unpaired) electrons. The monoisotopic (exact) mass is 353 g/mol. The molecule has 7 nitrogen and oxygen atoms in total. The number of aromatic nitrogens is 4. The zero-order chi connectivity index (χ0) is 14.1. The molecule has 0 aliphatic rings. The van der Waals surface area contributed by atoms with Crippen LogP contribution in [0.15, 0.2) is 23.1 Å². The number of halogens is 1. The number of nitrogens with zero attached hydrogens (tertiary/aromatic N) is 4. The second-order valence-corrected chi connectivity index (χ2v) is 6.08. The predicted molar refractivity (Wildman–Crippen MR) is 83.6 cm³/mol. The molecule has 0 aromatic carbocycles. The molecule has 3 heterocycles. The van der Waals surface area contributed by atoms with E-state index in [-0.39, 0.29) is 0 Å². The van der Waals surface area contributed by atoms with E-state index in [0.717, 1.165) is 15.1 Å². The molecule has 4 N–H and O–H groups in total. The van der Waals surface area contributed by atoms with E-state index < -0.39 is 0 Å². The fraction of sp³-hybridized carbons (Fsp3) is 0.182. The third-order valence-corrected chi connectivity index (χ3v) is 4.17. The second kappa shape index (κ2) is 5.35. The molecule has 3 rings (SSSR count). The highest BCUT2D eigenvalue weighted by Gasteiger charge is 2.13. The van der Waals surface area contributed by atoms with Gasteiger partial charge in [0.2, 0.25) is 0 Å². The third kappa shape index (κ3) is 2.47. The number of anilines is 2. The summed E-state index contributed by atoms with van der Waals surface area (Å²) in [7, 11) is 1.79. The van der Waals surface area contributed by atoms with Gasteiger partial charge in [0.05, 0.1) is 29.2 Å². The highest BCUT2D eigenvalue weighted by molar-refractivity contribution is 9.10. The number of H-pyrrole nitrogens is 1. The van der Waals surface area contributed by atoms with Crippen LogP contribution in [0.25, 0.3) is 10.2 Å². The Kier molecular flexibility index (Phi) is 3.55. The van der Waals surface area contributed by atoms with Crippen molar-refractivity contribution < 1.29 is 0 Å². The molecule has 3 aromatic heterocycles. The second-order valence-electron chi connectivity index (χ2n) is 4.10. The number of nitrogens with one attached hydrogen (secondary N) is 2. The SMILES string of the molecule is CNc1ncc(Br)nc1N(N)Cc1cc2[nH]ncc2s1. The first-order valence-electron chi connectivity index (χ1n) is 5.81. The Hall–Kier alpha value is -1.71. The first-order valence-corrected chi connectivity index (χ1v) is 7.42. The molecule has 0 bridgehead atoms. The summed E-state index contributed by atoms with van der Waals surface area (Å²) >= 11 is 4.96.